The van der Waals surface area contributed by atoms with Crippen LogP contribution in [0.4, 0.5) is 5.69 Å². The number of anilines is 1. The fourth-order valence-electron chi connectivity index (χ4n) is 1.43. The largest absolute Gasteiger partial charge is 0.383 e. The highest BCUT2D eigenvalue weighted by Gasteiger charge is 2.08. The Morgan fingerprint density at radius 3 is 2.71 bits per heavy atom. The molecule has 0 radical (unpaired) electrons. The van der Waals surface area contributed by atoms with Crippen molar-refractivity contribution in [2.24, 2.45) is 5.73 Å². The van der Waals surface area contributed by atoms with Gasteiger partial charge in [-0.05, 0) is 18.2 Å². The fourth-order valence-corrected chi connectivity index (χ4v) is 1.60. The number of amides is 1. The van der Waals surface area contributed by atoms with E-state index in [1.54, 1.807) is 18.2 Å². The standard InChI is InChI=1S/C12H18ClN3O/c1-8(2)15-5-6-16-11-4-3-9(13)7-10(11)12(14)17/h3-4,7-8,15-16H,5-6H2,1-2H3,(H2,14,17). The molecule has 17 heavy (non-hydrogen) atoms. The Morgan fingerprint density at radius 2 is 2.12 bits per heavy atom. The van der Waals surface area contributed by atoms with E-state index in [-0.39, 0.29) is 0 Å². The van der Waals surface area contributed by atoms with E-state index in [4.69, 9.17) is 17.3 Å². The zero-order chi connectivity index (χ0) is 12.8. The zero-order valence-corrected chi connectivity index (χ0v) is 10.8. The number of hydrogen-bond donors (Lipinski definition) is 3. The van der Waals surface area contributed by atoms with Gasteiger partial charge in [0.15, 0.2) is 0 Å². The molecule has 0 saturated heterocycles. The number of carbonyl (C=O) groups is 1. The van der Waals surface area contributed by atoms with E-state index in [1.807, 2.05) is 0 Å². The van der Waals surface area contributed by atoms with Crippen LogP contribution in [0.3, 0.4) is 0 Å². The van der Waals surface area contributed by atoms with Crippen LogP contribution in [0.5, 0.6) is 0 Å². The van der Waals surface area contributed by atoms with E-state index < -0.39 is 5.91 Å². The van der Waals surface area contributed by atoms with E-state index >= 15 is 0 Å². The maximum absolute atomic E-state index is 11.2. The Kier molecular flexibility index (Phi) is 5.25. The van der Waals surface area contributed by atoms with E-state index in [2.05, 4.69) is 24.5 Å². The maximum Gasteiger partial charge on any atom is 0.250 e. The molecule has 0 heterocycles. The Balaban J connectivity index is 2.61. The topological polar surface area (TPSA) is 67.2 Å². The highest BCUT2D eigenvalue weighted by molar-refractivity contribution is 6.31. The minimum Gasteiger partial charge on any atom is -0.383 e. The zero-order valence-electron chi connectivity index (χ0n) is 10.1. The fraction of sp³-hybridized carbons (Fsp3) is 0.417. The van der Waals surface area contributed by atoms with Crippen LogP contribution in [0.25, 0.3) is 0 Å². The third kappa shape index (κ3) is 4.63. The molecule has 0 saturated carbocycles. The summed E-state index contributed by atoms with van der Waals surface area (Å²) in [6.07, 6.45) is 0. The monoisotopic (exact) mass is 255 g/mol. The molecule has 1 rings (SSSR count). The lowest BCUT2D eigenvalue weighted by Gasteiger charge is -2.12. The summed E-state index contributed by atoms with van der Waals surface area (Å²) >= 11 is 5.82. The molecule has 0 aromatic heterocycles. The first-order valence-corrected chi connectivity index (χ1v) is 5.95. The van der Waals surface area contributed by atoms with Crippen molar-refractivity contribution < 1.29 is 4.79 Å². The predicted molar refractivity (Wildman–Crippen MR) is 71.6 cm³/mol. The molecule has 0 aliphatic carbocycles. The molecule has 4 N–H and O–H groups in total. The lowest BCUT2D eigenvalue weighted by atomic mass is 10.1. The second kappa shape index (κ2) is 6.47. The number of nitrogens with one attached hydrogen (secondary N) is 2. The van der Waals surface area contributed by atoms with Gasteiger partial charge in [-0.1, -0.05) is 25.4 Å². The second-order valence-electron chi connectivity index (χ2n) is 4.09. The van der Waals surface area contributed by atoms with Crippen molar-refractivity contribution >= 4 is 23.2 Å². The van der Waals surface area contributed by atoms with Crippen LogP contribution in [-0.2, 0) is 0 Å². The number of benzene rings is 1. The molecule has 0 unspecified atom stereocenters. The van der Waals surface area contributed by atoms with Crippen molar-refractivity contribution in [2.45, 2.75) is 19.9 Å². The van der Waals surface area contributed by atoms with E-state index in [0.29, 0.717) is 22.3 Å². The van der Waals surface area contributed by atoms with Crippen LogP contribution in [0, 0.1) is 0 Å². The van der Waals surface area contributed by atoms with Crippen molar-refractivity contribution in [2.75, 3.05) is 18.4 Å². The highest BCUT2D eigenvalue weighted by atomic mass is 35.5. The smallest absolute Gasteiger partial charge is 0.250 e. The molecule has 94 valence electrons. The molecular formula is C12H18ClN3O. The third-order valence-electron chi connectivity index (χ3n) is 2.24. The molecule has 0 spiro atoms. The van der Waals surface area contributed by atoms with Crippen LogP contribution in [-0.4, -0.2) is 25.0 Å². The first-order valence-electron chi connectivity index (χ1n) is 5.57. The number of halogens is 1. The van der Waals surface area contributed by atoms with Crippen molar-refractivity contribution in [3.05, 3.63) is 28.8 Å². The van der Waals surface area contributed by atoms with Crippen LogP contribution < -0.4 is 16.4 Å². The summed E-state index contributed by atoms with van der Waals surface area (Å²) in [5, 5.41) is 6.93. The molecule has 0 fully saturated rings. The van der Waals surface area contributed by atoms with Gasteiger partial charge in [-0.15, -0.1) is 0 Å². The molecule has 0 atom stereocenters. The van der Waals surface area contributed by atoms with Crippen LogP contribution >= 0.6 is 11.6 Å². The normalized spacial score (nSPS) is 10.6. The summed E-state index contributed by atoms with van der Waals surface area (Å²) in [5.41, 5.74) is 6.42. The summed E-state index contributed by atoms with van der Waals surface area (Å²) in [4.78, 5) is 11.2. The number of nitrogens with two attached hydrogens (primary N) is 1. The third-order valence-corrected chi connectivity index (χ3v) is 2.48. The summed E-state index contributed by atoms with van der Waals surface area (Å²) in [6, 6.07) is 5.50. The lowest BCUT2D eigenvalue weighted by Crippen LogP contribution is -2.28. The Morgan fingerprint density at radius 1 is 1.41 bits per heavy atom. The molecule has 5 heteroatoms. The number of rotatable bonds is 6. The lowest BCUT2D eigenvalue weighted by molar-refractivity contribution is 0.100. The first kappa shape index (κ1) is 13.8. The summed E-state index contributed by atoms with van der Waals surface area (Å²) in [6.45, 7) is 5.70. The van der Waals surface area contributed by atoms with Crippen molar-refractivity contribution in [1.82, 2.24) is 5.32 Å². The number of hydrogen-bond acceptors (Lipinski definition) is 3. The molecular weight excluding hydrogens is 238 g/mol. The van der Waals surface area contributed by atoms with Crippen molar-refractivity contribution in [3.8, 4) is 0 Å². The van der Waals surface area contributed by atoms with E-state index in [9.17, 15) is 4.79 Å². The average molecular weight is 256 g/mol. The highest BCUT2D eigenvalue weighted by Crippen LogP contribution is 2.19. The van der Waals surface area contributed by atoms with Gasteiger partial charge in [-0.3, -0.25) is 4.79 Å². The minimum absolute atomic E-state index is 0.419. The van der Waals surface area contributed by atoms with Gasteiger partial charge < -0.3 is 16.4 Å². The second-order valence-corrected chi connectivity index (χ2v) is 4.53. The van der Waals surface area contributed by atoms with Crippen molar-refractivity contribution in [3.63, 3.8) is 0 Å². The minimum atomic E-state index is -0.480. The van der Waals surface area contributed by atoms with Gasteiger partial charge in [0, 0.05) is 29.8 Å². The molecule has 0 aliphatic heterocycles. The summed E-state index contributed by atoms with van der Waals surface area (Å²) in [5.74, 6) is -0.480. The Bertz CT molecular complexity index is 393. The molecule has 0 bridgehead atoms. The van der Waals surface area contributed by atoms with Gasteiger partial charge in [-0.25, -0.2) is 0 Å². The maximum atomic E-state index is 11.2. The van der Waals surface area contributed by atoms with Crippen LogP contribution in [0.2, 0.25) is 5.02 Å². The van der Waals surface area contributed by atoms with Gasteiger partial charge in [0.05, 0.1) is 5.56 Å². The van der Waals surface area contributed by atoms with E-state index in [1.165, 1.54) is 0 Å². The summed E-state index contributed by atoms with van der Waals surface area (Å²) < 4.78 is 0. The molecule has 1 aromatic rings. The molecule has 1 amide bonds. The predicted octanol–water partition coefficient (Wildman–Crippen LogP) is 1.85. The Labute approximate surface area is 107 Å². The van der Waals surface area contributed by atoms with Gasteiger partial charge in [0.1, 0.15) is 0 Å². The quantitative estimate of drug-likeness (QED) is 0.680. The molecule has 0 aliphatic rings. The van der Waals surface area contributed by atoms with Crippen molar-refractivity contribution in [1.29, 1.82) is 0 Å². The number of carbonyl (C=O) groups excluding carboxylic acids is 1. The van der Waals surface area contributed by atoms with Crippen LogP contribution in [0.15, 0.2) is 18.2 Å². The van der Waals surface area contributed by atoms with Gasteiger partial charge in [0.2, 0.25) is 0 Å². The van der Waals surface area contributed by atoms with Gasteiger partial charge in [-0.2, -0.15) is 0 Å². The SMILES string of the molecule is CC(C)NCCNc1ccc(Cl)cc1C(N)=O. The first-order chi connectivity index (χ1) is 8.00. The summed E-state index contributed by atoms with van der Waals surface area (Å²) in [7, 11) is 0. The van der Waals surface area contributed by atoms with Crippen LogP contribution in [0.1, 0.15) is 24.2 Å². The van der Waals surface area contributed by atoms with Gasteiger partial charge in [0.25, 0.3) is 5.91 Å². The molecule has 1 aromatic carbocycles. The van der Waals surface area contributed by atoms with E-state index in [0.717, 1.165) is 13.1 Å². The average Bonchev–Trinajstić information content (AvgIpc) is 2.25. The molecule has 4 nitrogen and oxygen atoms in total. The van der Waals surface area contributed by atoms with Gasteiger partial charge >= 0.3 is 0 Å². The number of primary amides is 1. The Hall–Kier alpha value is -1.26.